The van der Waals surface area contributed by atoms with Crippen molar-refractivity contribution in [3.05, 3.63) is 42.4 Å². The normalized spacial score (nSPS) is 25.0. The molecule has 0 bridgehead atoms. The molecule has 2 aliphatic heterocycles. The predicted octanol–water partition coefficient (Wildman–Crippen LogP) is 2.06. The second kappa shape index (κ2) is 6.81. The molecule has 0 spiro atoms. The minimum absolute atomic E-state index is 0.315. The maximum absolute atomic E-state index is 12.4. The van der Waals surface area contributed by atoms with Crippen LogP contribution in [0.1, 0.15) is 30.7 Å². The molecule has 2 saturated heterocycles. The van der Waals surface area contributed by atoms with Gasteiger partial charge in [-0.3, -0.25) is 9.69 Å². The summed E-state index contributed by atoms with van der Waals surface area (Å²) in [6, 6.07) is 4.37. The summed E-state index contributed by atoms with van der Waals surface area (Å²) < 4.78 is 5.47. The Bertz CT molecular complexity index is 653. The molecule has 1 N–H and O–H groups in total. The van der Waals surface area contributed by atoms with Gasteiger partial charge in [0.05, 0.1) is 19.1 Å². The van der Waals surface area contributed by atoms with E-state index in [0.29, 0.717) is 24.3 Å². The minimum Gasteiger partial charge on any atom is -0.468 e. The number of rotatable bonds is 5. The molecule has 4 heterocycles. The summed E-state index contributed by atoms with van der Waals surface area (Å²) in [5.41, 5.74) is 1.10. The number of fused-ring (bicyclic) bond motifs is 1. The highest BCUT2D eigenvalue weighted by Crippen LogP contribution is 2.32. The lowest BCUT2D eigenvalue weighted by Crippen LogP contribution is -2.56. The van der Waals surface area contributed by atoms with Crippen LogP contribution in [-0.2, 0) is 17.8 Å². The smallest absolute Gasteiger partial charge is 0.222 e. The molecule has 2 atom stereocenters. The molecule has 24 heavy (non-hydrogen) atoms. The van der Waals surface area contributed by atoms with E-state index in [1.165, 1.54) is 0 Å². The number of nitrogens with zero attached hydrogens (tertiary/aromatic N) is 3. The third-order valence-electron chi connectivity index (χ3n) is 5.36. The number of aromatic amines is 1. The summed E-state index contributed by atoms with van der Waals surface area (Å²) in [6.07, 6.45) is 8.88. The van der Waals surface area contributed by atoms with Crippen molar-refractivity contribution >= 4 is 5.91 Å². The summed E-state index contributed by atoms with van der Waals surface area (Å²) in [7, 11) is 0. The molecule has 6 nitrogen and oxygen atoms in total. The second-order valence-corrected chi connectivity index (χ2v) is 6.88. The van der Waals surface area contributed by atoms with E-state index in [-0.39, 0.29) is 0 Å². The Hall–Kier alpha value is -2.08. The minimum atomic E-state index is 0.315. The predicted molar refractivity (Wildman–Crippen MR) is 89.1 cm³/mol. The molecular formula is C18H24N4O2. The second-order valence-electron chi connectivity index (χ2n) is 6.88. The standard InChI is InChI=1S/C18H24N4O2/c23-18-4-3-14-11-21(12-16-2-1-9-24-16)7-6-17(14)22(18)8-5-15-10-19-13-20-15/h1-2,9-10,13-14,17H,3-8,11-12H2,(H,19,20)/t14-,17+/m0/s1. The van der Waals surface area contributed by atoms with Gasteiger partial charge in [-0.05, 0) is 30.9 Å². The molecule has 0 aliphatic carbocycles. The number of amides is 1. The van der Waals surface area contributed by atoms with Crippen molar-refractivity contribution in [2.45, 2.75) is 38.3 Å². The number of carbonyl (C=O) groups is 1. The first-order valence-corrected chi connectivity index (χ1v) is 8.81. The molecular weight excluding hydrogens is 304 g/mol. The summed E-state index contributed by atoms with van der Waals surface area (Å²) in [6.45, 7) is 3.74. The molecule has 128 valence electrons. The quantitative estimate of drug-likeness (QED) is 0.912. The lowest BCUT2D eigenvalue weighted by Gasteiger charge is -2.47. The van der Waals surface area contributed by atoms with Crippen LogP contribution in [0.3, 0.4) is 0 Å². The molecule has 6 heteroatoms. The van der Waals surface area contributed by atoms with Crippen molar-refractivity contribution in [1.29, 1.82) is 0 Å². The van der Waals surface area contributed by atoms with Crippen LogP contribution in [0.4, 0.5) is 0 Å². The SMILES string of the molecule is O=C1CC[C@H]2CN(Cc3ccco3)CC[C@H]2N1CCc1cnc[nH]1. The van der Waals surface area contributed by atoms with Crippen LogP contribution in [0.25, 0.3) is 0 Å². The highest BCUT2D eigenvalue weighted by atomic mass is 16.3. The Labute approximate surface area is 141 Å². The number of aromatic nitrogens is 2. The fraction of sp³-hybridized carbons (Fsp3) is 0.556. The Morgan fingerprint density at radius 3 is 3.12 bits per heavy atom. The zero-order valence-electron chi connectivity index (χ0n) is 13.9. The number of nitrogens with one attached hydrogen (secondary N) is 1. The Kier molecular flexibility index (Phi) is 4.38. The molecule has 2 aliphatic rings. The topological polar surface area (TPSA) is 65.4 Å². The molecule has 2 aromatic rings. The lowest BCUT2D eigenvalue weighted by atomic mass is 9.83. The average Bonchev–Trinajstić information content (AvgIpc) is 3.28. The molecule has 1 amide bonds. The molecule has 0 unspecified atom stereocenters. The van der Waals surface area contributed by atoms with Crippen LogP contribution in [-0.4, -0.2) is 51.4 Å². The van der Waals surface area contributed by atoms with Gasteiger partial charge in [-0.1, -0.05) is 0 Å². The van der Waals surface area contributed by atoms with E-state index in [9.17, 15) is 4.79 Å². The van der Waals surface area contributed by atoms with Crippen molar-refractivity contribution in [3.63, 3.8) is 0 Å². The van der Waals surface area contributed by atoms with Gasteiger partial charge in [-0.2, -0.15) is 0 Å². The number of imidazole rings is 1. The third-order valence-corrected chi connectivity index (χ3v) is 5.36. The number of piperidine rings is 2. The number of likely N-dealkylation sites (tertiary alicyclic amines) is 2. The number of furan rings is 1. The molecule has 0 aromatic carbocycles. The van der Waals surface area contributed by atoms with E-state index in [4.69, 9.17) is 4.42 Å². The lowest BCUT2D eigenvalue weighted by molar-refractivity contribution is -0.141. The summed E-state index contributed by atoms with van der Waals surface area (Å²) in [5.74, 6) is 1.92. The van der Waals surface area contributed by atoms with Crippen molar-refractivity contribution in [2.75, 3.05) is 19.6 Å². The summed E-state index contributed by atoms with van der Waals surface area (Å²) >= 11 is 0. The first kappa shape index (κ1) is 15.4. The monoisotopic (exact) mass is 328 g/mol. The van der Waals surface area contributed by atoms with Crippen LogP contribution >= 0.6 is 0 Å². The number of hydrogen-bond donors (Lipinski definition) is 1. The third kappa shape index (κ3) is 3.24. The molecule has 0 saturated carbocycles. The van der Waals surface area contributed by atoms with E-state index in [1.54, 1.807) is 12.6 Å². The first-order valence-electron chi connectivity index (χ1n) is 8.81. The van der Waals surface area contributed by atoms with Gasteiger partial charge in [0, 0.05) is 50.4 Å². The van der Waals surface area contributed by atoms with Crippen LogP contribution in [0.15, 0.2) is 35.3 Å². The molecule has 2 aromatic heterocycles. The first-order chi connectivity index (χ1) is 11.8. The summed E-state index contributed by atoms with van der Waals surface area (Å²) in [5, 5.41) is 0. The van der Waals surface area contributed by atoms with Crippen molar-refractivity contribution in [1.82, 2.24) is 19.8 Å². The highest BCUT2D eigenvalue weighted by molar-refractivity contribution is 5.77. The molecule has 4 rings (SSSR count). The molecule has 2 fully saturated rings. The van der Waals surface area contributed by atoms with E-state index in [0.717, 1.165) is 56.9 Å². The number of H-pyrrole nitrogens is 1. The van der Waals surface area contributed by atoms with Crippen molar-refractivity contribution in [3.8, 4) is 0 Å². The zero-order valence-corrected chi connectivity index (χ0v) is 13.9. The zero-order chi connectivity index (χ0) is 16.4. The van der Waals surface area contributed by atoms with Gasteiger partial charge >= 0.3 is 0 Å². The van der Waals surface area contributed by atoms with Crippen LogP contribution < -0.4 is 0 Å². The van der Waals surface area contributed by atoms with Gasteiger partial charge in [0.15, 0.2) is 0 Å². The van der Waals surface area contributed by atoms with Crippen LogP contribution in [0.2, 0.25) is 0 Å². The van der Waals surface area contributed by atoms with Crippen LogP contribution in [0, 0.1) is 5.92 Å². The summed E-state index contributed by atoms with van der Waals surface area (Å²) in [4.78, 5) is 24.2. The fourth-order valence-corrected chi connectivity index (χ4v) is 4.15. The van der Waals surface area contributed by atoms with Gasteiger partial charge in [0.2, 0.25) is 5.91 Å². The maximum Gasteiger partial charge on any atom is 0.222 e. The van der Waals surface area contributed by atoms with Gasteiger partial charge in [0.25, 0.3) is 0 Å². The van der Waals surface area contributed by atoms with E-state index < -0.39 is 0 Å². The van der Waals surface area contributed by atoms with E-state index in [2.05, 4.69) is 19.8 Å². The largest absolute Gasteiger partial charge is 0.468 e. The van der Waals surface area contributed by atoms with Gasteiger partial charge < -0.3 is 14.3 Å². The highest BCUT2D eigenvalue weighted by Gasteiger charge is 2.39. The van der Waals surface area contributed by atoms with Crippen molar-refractivity contribution < 1.29 is 9.21 Å². The number of hydrogen-bond acceptors (Lipinski definition) is 4. The Morgan fingerprint density at radius 2 is 2.33 bits per heavy atom. The van der Waals surface area contributed by atoms with Crippen molar-refractivity contribution in [2.24, 2.45) is 5.92 Å². The van der Waals surface area contributed by atoms with Gasteiger partial charge in [0.1, 0.15) is 5.76 Å². The van der Waals surface area contributed by atoms with Crippen LogP contribution in [0.5, 0.6) is 0 Å². The van der Waals surface area contributed by atoms with E-state index in [1.807, 2.05) is 18.3 Å². The molecule has 0 radical (unpaired) electrons. The van der Waals surface area contributed by atoms with Gasteiger partial charge in [-0.15, -0.1) is 0 Å². The fourth-order valence-electron chi connectivity index (χ4n) is 4.15. The van der Waals surface area contributed by atoms with E-state index >= 15 is 0 Å². The maximum atomic E-state index is 12.4. The Balaban J connectivity index is 1.37. The Morgan fingerprint density at radius 1 is 1.38 bits per heavy atom. The number of carbonyl (C=O) groups excluding carboxylic acids is 1. The van der Waals surface area contributed by atoms with Gasteiger partial charge in [-0.25, -0.2) is 4.98 Å². The average molecular weight is 328 g/mol.